The van der Waals surface area contributed by atoms with Gasteiger partial charge in [0.05, 0.1) is 5.82 Å². The molecule has 8 heavy (non-hydrogen) atoms. The van der Waals surface area contributed by atoms with Crippen LogP contribution in [0.25, 0.3) is 0 Å². The molecule has 0 amide bonds. The van der Waals surface area contributed by atoms with E-state index >= 15 is 0 Å². The highest BCUT2D eigenvalue weighted by molar-refractivity contribution is 6.05. The van der Waals surface area contributed by atoms with E-state index in [0.29, 0.717) is 0 Å². The fourth-order valence-electron chi connectivity index (χ4n) is 0.471. The van der Waals surface area contributed by atoms with Gasteiger partial charge in [0.25, 0.3) is 0 Å². The van der Waals surface area contributed by atoms with Gasteiger partial charge in [-0.2, -0.15) is 0 Å². The van der Waals surface area contributed by atoms with E-state index in [2.05, 4.69) is 5.23 Å². The summed E-state index contributed by atoms with van der Waals surface area (Å²) < 4.78 is 0. The summed E-state index contributed by atoms with van der Waals surface area (Å²) in [4.78, 5) is 1.90. The second-order valence-corrected chi connectivity index (χ2v) is 1.71. The minimum Gasteiger partial charge on any atom is -0.425 e. The number of hydrogen-bond donors (Lipinski definition) is 1. The molecule has 2 radical (unpaired) electrons. The lowest BCUT2D eigenvalue weighted by Crippen LogP contribution is -2.22. The van der Waals surface area contributed by atoms with Crippen molar-refractivity contribution in [3.05, 3.63) is 11.9 Å². The van der Waals surface area contributed by atoms with Crippen LogP contribution in [0.15, 0.2) is 11.9 Å². The molecule has 0 fully saturated rings. The molecule has 0 aliphatic rings. The molecule has 0 unspecified atom stereocenters. The highest BCUT2D eigenvalue weighted by Crippen LogP contribution is 1.88. The van der Waals surface area contributed by atoms with Crippen LogP contribution < -0.4 is 5.23 Å². The Kier molecular flexibility index (Phi) is 3.16. The average Bonchev–Trinajstić information content (AvgIpc) is 1.69. The van der Waals surface area contributed by atoms with Crippen LogP contribution in [0.1, 0.15) is 6.92 Å². The summed E-state index contributed by atoms with van der Waals surface area (Å²) in [7, 11) is 8.98. The largest absolute Gasteiger partial charge is 0.425 e. The maximum Gasteiger partial charge on any atom is 0.224 e. The van der Waals surface area contributed by atoms with Crippen molar-refractivity contribution in [3.63, 3.8) is 0 Å². The van der Waals surface area contributed by atoms with Crippen molar-refractivity contribution in [2.45, 2.75) is 6.92 Å². The van der Waals surface area contributed by atoms with Crippen LogP contribution in [-0.2, 0) is 0 Å². The Balaban J connectivity index is 3.72. The van der Waals surface area contributed by atoms with Crippen molar-refractivity contribution in [2.24, 2.45) is 0 Å². The van der Waals surface area contributed by atoms with Crippen molar-refractivity contribution in [2.75, 3.05) is 14.1 Å². The zero-order valence-corrected chi connectivity index (χ0v) is 5.60. The zero-order chi connectivity index (χ0) is 6.57. The number of nitrogens with one attached hydrogen (secondary N) is 1. The van der Waals surface area contributed by atoms with E-state index in [0.717, 1.165) is 5.82 Å². The topological polar surface area (TPSA) is 15.3 Å². The lowest BCUT2D eigenvalue weighted by Gasteiger charge is -2.15. The quantitative estimate of drug-likeness (QED) is 0.506. The van der Waals surface area contributed by atoms with E-state index in [9.17, 15) is 0 Å². The van der Waals surface area contributed by atoms with Gasteiger partial charge in [-0.1, -0.05) is 0 Å². The molecule has 1 N–H and O–H groups in total. The number of hydrogen-bond acceptors (Lipinski definition) is 2. The first-order chi connectivity index (χ1) is 3.72. The summed E-state index contributed by atoms with van der Waals surface area (Å²) in [6.07, 6.45) is 1.90. The third-order valence-electron chi connectivity index (χ3n) is 0.903. The number of nitrogens with zero attached hydrogens (tertiary/aromatic N) is 1. The van der Waals surface area contributed by atoms with E-state index in [1.807, 2.05) is 32.0 Å². The predicted octanol–water partition coefficient (Wildman–Crippen LogP) is 0.0824. The van der Waals surface area contributed by atoms with Crippen molar-refractivity contribution < 1.29 is 0 Å². The maximum atomic E-state index is 5.12. The fraction of sp³-hybridized carbons (Fsp3) is 0.600. The van der Waals surface area contributed by atoms with Gasteiger partial charge >= 0.3 is 0 Å². The van der Waals surface area contributed by atoms with E-state index in [-0.39, 0.29) is 0 Å². The van der Waals surface area contributed by atoms with Crippen molar-refractivity contribution in [3.8, 4) is 0 Å². The van der Waals surface area contributed by atoms with Crippen LogP contribution in [0.5, 0.6) is 0 Å². The summed E-state index contributed by atoms with van der Waals surface area (Å²) in [5.74, 6) is 0.921. The molecule has 0 atom stereocenters. The third-order valence-corrected chi connectivity index (χ3v) is 0.903. The van der Waals surface area contributed by atoms with Gasteiger partial charge in [-0.25, -0.2) is 0 Å². The van der Waals surface area contributed by atoms with Crippen LogP contribution in [0, 0.1) is 0 Å². The Morgan fingerprint density at radius 1 is 1.62 bits per heavy atom. The molecule has 2 nitrogen and oxygen atoms in total. The van der Waals surface area contributed by atoms with Gasteiger partial charge in [-0.3, -0.25) is 0 Å². The van der Waals surface area contributed by atoms with Gasteiger partial charge in [0.15, 0.2) is 0 Å². The molecule has 44 valence electrons. The van der Waals surface area contributed by atoms with Gasteiger partial charge in [-0.15, -0.1) is 0 Å². The molecule has 0 heterocycles. The molecule has 3 heteroatoms. The molecule has 0 aromatic rings. The van der Waals surface area contributed by atoms with Crippen LogP contribution in [-0.4, -0.2) is 27.0 Å². The average molecular weight is 110 g/mol. The lowest BCUT2D eigenvalue weighted by molar-refractivity contribution is 0.492. The van der Waals surface area contributed by atoms with Crippen LogP contribution >= 0.6 is 0 Å². The van der Waals surface area contributed by atoms with E-state index in [4.69, 9.17) is 7.98 Å². The summed E-state index contributed by atoms with van der Waals surface area (Å²) in [6, 6.07) is 0. The Morgan fingerprint density at radius 2 is 2.12 bits per heavy atom. The van der Waals surface area contributed by atoms with E-state index in [1.54, 1.807) is 0 Å². The minimum atomic E-state index is 0.921. The number of rotatable bonds is 2. The van der Waals surface area contributed by atoms with Crippen molar-refractivity contribution in [1.82, 2.24) is 10.1 Å². The second kappa shape index (κ2) is 3.41. The molecule has 0 rings (SSSR count). The zero-order valence-electron chi connectivity index (χ0n) is 5.60. The predicted molar refractivity (Wildman–Crippen MR) is 36.3 cm³/mol. The Morgan fingerprint density at radius 3 is 2.12 bits per heavy atom. The fourth-order valence-corrected chi connectivity index (χ4v) is 0.471. The molecule has 0 aromatic heterocycles. The van der Waals surface area contributed by atoms with E-state index in [1.165, 1.54) is 0 Å². The summed E-state index contributed by atoms with van der Waals surface area (Å²) in [6.45, 7) is 1.93. The van der Waals surface area contributed by atoms with Gasteiger partial charge in [-0.05, 0) is 13.0 Å². The summed E-state index contributed by atoms with van der Waals surface area (Å²) >= 11 is 0. The third kappa shape index (κ3) is 1.91. The first-order valence-electron chi connectivity index (χ1n) is 2.52. The van der Waals surface area contributed by atoms with Gasteiger partial charge in [0.2, 0.25) is 7.98 Å². The minimum absolute atomic E-state index is 0.921. The Hall–Kier alpha value is -0.595. The lowest BCUT2D eigenvalue weighted by atomic mass is 10.4. The maximum absolute atomic E-state index is 5.12. The van der Waals surface area contributed by atoms with E-state index < -0.39 is 0 Å². The van der Waals surface area contributed by atoms with Crippen molar-refractivity contribution in [1.29, 1.82) is 0 Å². The second-order valence-electron chi connectivity index (χ2n) is 1.71. The number of allylic oxidation sites excluding steroid dienone is 1. The van der Waals surface area contributed by atoms with Crippen LogP contribution in [0.4, 0.5) is 0 Å². The monoisotopic (exact) mass is 110 g/mol. The first kappa shape index (κ1) is 7.40. The molecule has 0 aliphatic heterocycles. The first-order valence-corrected chi connectivity index (χ1v) is 2.52. The highest BCUT2D eigenvalue weighted by atomic mass is 15.2. The summed E-state index contributed by atoms with van der Waals surface area (Å²) in [5, 5.41) is 2.54. The molecule has 0 aliphatic carbocycles. The van der Waals surface area contributed by atoms with Crippen LogP contribution in [0.3, 0.4) is 0 Å². The molecule has 0 aromatic carbocycles. The Bertz CT molecular complexity index is 88.4. The molecular weight excluding hydrogens is 98.9 g/mol. The molecule has 0 bridgehead atoms. The van der Waals surface area contributed by atoms with Crippen LogP contribution in [0.2, 0.25) is 0 Å². The van der Waals surface area contributed by atoms with Gasteiger partial charge in [0, 0.05) is 14.1 Å². The molecule has 0 saturated heterocycles. The molecule has 0 spiro atoms. The highest BCUT2D eigenvalue weighted by Gasteiger charge is 1.88. The molecular formula is C5H11BN2. The standard InChI is InChI=1S/C5H11BN2/c1-4-5(7-6)8(2)3/h4,7H,1-3H3/b5-4-. The smallest absolute Gasteiger partial charge is 0.224 e. The summed E-state index contributed by atoms with van der Waals surface area (Å²) in [5.41, 5.74) is 0. The van der Waals surface area contributed by atoms with Crippen molar-refractivity contribution >= 4 is 7.98 Å². The SMILES string of the molecule is [B]N/C(=C/C)N(C)C. The van der Waals surface area contributed by atoms with Gasteiger partial charge < -0.3 is 10.1 Å². The normalized spacial score (nSPS) is 11.1. The molecule has 0 saturated carbocycles. The Labute approximate surface area is 52.0 Å². The van der Waals surface area contributed by atoms with Gasteiger partial charge in [0.1, 0.15) is 0 Å².